The molecule has 162 valence electrons. The van der Waals surface area contributed by atoms with E-state index >= 15 is 0 Å². The van der Waals surface area contributed by atoms with Gasteiger partial charge in [-0.3, -0.25) is 0 Å². The Balaban J connectivity index is 1.80. The predicted octanol–water partition coefficient (Wildman–Crippen LogP) is 9.26. The van der Waals surface area contributed by atoms with Crippen LogP contribution >= 0.6 is 0 Å². The first-order valence-corrected chi connectivity index (χ1v) is 11.8. The Morgan fingerprint density at radius 1 is 0.848 bits per heavy atom. The lowest BCUT2D eigenvalue weighted by Crippen LogP contribution is -1.87. The van der Waals surface area contributed by atoms with Gasteiger partial charge < -0.3 is 4.98 Å². The van der Waals surface area contributed by atoms with E-state index in [0.29, 0.717) is 0 Å². The molecular formula is C32H29N. The fraction of sp³-hybridized carbons (Fsp3) is 0.125. The summed E-state index contributed by atoms with van der Waals surface area (Å²) in [6.45, 7) is 4.13. The number of allylic oxidation sites excluding steroid dienone is 10. The van der Waals surface area contributed by atoms with Crippen LogP contribution in [0.25, 0.3) is 44.1 Å². The fourth-order valence-corrected chi connectivity index (χ4v) is 4.65. The molecule has 1 aliphatic carbocycles. The summed E-state index contributed by atoms with van der Waals surface area (Å²) in [7, 11) is 0. The van der Waals surface area contributed by atoms with Gasteiger partial charge in [0.2, 0.25) is 0 Å². The maximum absolute atomic E-state index is 3.73. The van der Waals surface area contributed by atoms with Gasteiger partial charge in [0.05, 0.1) is 5.52 Å². The van der Waals surface area contributed by atoms with Crippen molar-refractivity contribution >= 4 is 33.0 Å². The molecule has 0 fully saturated rings. The van der Waals surface area contributed by atoms with E-state index in [4.69, 9.17) is 0 Å². The fourth-order valence-electron chi connectivity index (χ4n) is 4.65. The highest BCUT2D eigenvalue weighted by atomic mass is 14.7. The number of nitrogens with one attached hydrogen (secondary N) is 1. The van der Waals surface area contributed by atoms with Crippen molar-refractivity contribution in [2.75, 3.05) is 0 Å². The minimum absolute atomic E-state index is 1.11. The third-order valence-electron chi connectivity index (χ3n) is 6.27. The van der Waals surface area contributed by atoms with Crippen LogP contribution in [0.15, 0.2) is 109 Å². The van der Waals surface area contributed by atoms with E-state index in [2.05, 4.69) is 128 Å². The van der Waals surface area contributed by atoms with E-state index in [1.165, 1.54) is 55.2 Å². The zero-order chi connectivity index (χ0) is 22.6. The van der Waals surface area contributed by atoms with E-state index < -0.39 is 0 Å². The van der Waals surface area contributed by atoms with Gasteiger partial charge >= 0.3 is 0 Å². The summed E-state index contributed by atoms with van der Waals surface area (Å²) in [4.78, 5) is 3.73. The number of rotatable bonds is 5. The summed E-state index contributed by atoms with van der Waals surface area (Å²) in [5, 5.41) is 2.53. The van der Waals surface area contributed by atoms with Gasteiger partial charge in [-0.05, 0) is 78.8 Å². The molecule has 0 radical (unpaired) electrons. The number of aromatic nitrogens is 1. The molecule has 0 aliphatic heterocycles. The summed E-state index contributed by atoms with van der Waals surface area (Å²) in [6, 6.07) is 22.1. The first kappa shape index (κ1) is 21.0. The molecule has 1 aromatic heterocycles. The topological polar surface area (TPSA) is 15.8 Å². The Morgan fingerprint density at radius 3 is 2.48 bits per heavy atom. The predicted molar refractivity (Wildman–Crippen MR) is 145 cm³/mol. The van der Waals surface area contributed by atoms with Gasteiger partial charge in [0.1, 0.15) is 0 Å². The van der Waals surface area contributed by atoms with Crippen molar-refractivity contribution in [3.8, 4) is 11.1 Å². The highest BCUT2D eigenvalue weighted by molar-refractivity contribution is 6.13. The van der Waals surface area contributed by atoms with Crippen molar-refractivity contribution in [3.63, 3.8) is 0 Å². The minimum atomic E-state index is 1.11. The normalized spacial score (nSPS) is 14.7. The van der Waals surface area contributed by atoms with Crippen molar-refractivity contribution in [1.29, 1.82) is 0 Å². The van der Waals surface area contributed by atoms with Crippen molar-refractivity contribution < 1.29 is 0 Å². The Hall–Kier alpha value is -3.84. The SMILES string of the molecule is C\C=C/C=C(\C=C/C)c1cc(-c2ccccc2)c2[nH]c3ccc(C4=CCCC=C4)cc3c2c1. The third-order valence-corrected chi connectivity index (χ3v) is 6.27. The molecule has 0 saturated carbocycles. The zero-order valence-electron chi connectivity index (χ0n) is 19.3. The van der Waals surface area contributed by atoms with Crippen molar-refractivity contribution in [2.45, 2.75) is 26.7 Å². The average molecular weight is 428 g/mol. The molecule has 1 N–H and O–H groups in total. The molecule has 0 atom stereocenters. The maximum atomic E-state index is 3.73. The second kappa shape index (κ2) is 9.34. The largest absolute Gasteiger partial charge is 0.354 e. The number of fused-ring (bicyclic) bond motifs is 3. The number of H-pyrrole nitrogens is 1. The molecule has 33 heavy (non-hydrogen) atoms. The van der Waals surface area contributed by atoms with Crippen LogP contribution in [-0.4, -0.2) is 4.98 Å². The Morgan fingerprint density at radius 2 is 1.73 bits per heavy atom. The van der Waals surface area contributed by atoms with Crippen LogP contribution in [0.2, 0.25) is 0 Å². The van der Waals surface area contributed by atoms with Gasteiger partial charge in [-0.25, -0.2) is 0 Å². The van der Waals surface area contributed by atoms with E-state index in [0.717, 1.165) is 12.8 Å². The van der Waals surface area contributed by atoms with Gasteiger partial charge in [-0.15, -0.1) is 0 Å². The quantitative estimate of drug-likeness (QED) is 0.305. The van der Waals surface area contributed by atoms with Gasteiger partial charge in [0.25, 0.3) is 0 Å². The van der Waals surface area contributed by atoms with E-state index in [1.807, 2.05) is 0 Å². The number of aromatic amines is 1. The van der Waals surface area contributed by atoms with Crippen LogP contribution in [0, 0.1) is 0 Å². The Labute approximate surface area is 196 Å². The summed E-state index contributed by atoms with van der Waals surface area (Å²) in [5.74, 6) is 0. The molecule has 0 bridgehead atoms. The van der Waals surface area contributed by atoms with Gasteiger partial charge in [-0.1, -0.05) is 85.0 Å². The summed E-state index contributed by atoms with van der Waals surface area (Å²) < 4.78 is 0. The highest BCUT2D eigenvalue weighted by Crippen LogP contribution is 2.37. The molecule has 4 aromatic rings. The molecule has 0 spiro atoms. The summed E-state index contributed by atoms with van der Waals surface area (Å²) in [6.07, 6.45) is 19.8. The zero-order valence-corrected chi connectivity index (χ0v) is 19.3. The van der Waals surface area contributed by atoms with E-state index in [1.54, 1.807) is 0 Å². The monoisotopic (exact) mass is 427 g/mol. The van der Waals surface area contributed by atoms with Gasteiger partial charge in [0, 0.05) is 21.9 Å². The summed E-state index contributed by atoms with van der Waals surface area (Å²) >= 11 is 0. The molecular weight excluding hydrogens is 398 g/mol. The highest BCUT2D eigenvalue weighted by Gasteiger charge is 2.14. The lowest BCUT2D eigenvalue weighted by molar-refractivity contribution is 1.04. The van der Waals surface area contributed by atoms with Gasteiger partial charge in [-0.2, -0.15) is 0 Å². The molecule has 0 unspecified atom stereocenters. The van der Waals surface area contributed by atoms with Gasteiger partial charge in [0.15, 0.2) is 0 Å². The molecule has 0 saturated heterocycles. The lowest BCUT2D eigenvalue weighted by Gasteiger charge is -2.10. The minimum Gasteiger partial charge on any atom is -0.354 e. The van der Waals surface area contributed by atoms with Crippen LogP contribution in [0.5, 0.6) is 0 Å². The molecule has 1 nitrogen and oxygen atoms in total. The molecule has 1 heterocycles. The molecule has 3 aromatic carbocycles. The van der Waals surface area contributed by atoms with Crippen molar-refractivity contribution in [3.05, 3.63) is 120 Å². The number of hydrogen-bond donors (Lipinski definition) is 1. The smallest absolute Gasteiger partial charge is 0.0544 e. The summed E-state index contributed by atoms with van der Waals surface area (Å²) in [5.41, 5.74) is 9.85. The number of benzene rings is 3. The second-order valence-corrected chi connectivity index (χ2v) is 8.48. The first-order valence-electron chi connectivity index (χ1n) is 11.8. The lowest BCUT2D eigenvalue weighted by atomic mass is 9.94. The first-order chi connectivity index (χ1) is 16.3. The van der Waals surface area contributed by atoms with Crippen LogP contribution < -0.4 is 0 Å². The molecule has 5 rings (SSSR count). The van der Waals surface area contributed by atoms with Crippen molar-refractivity contribution in [2.24, 2.45) is 0 Å². The van der Waals surface area contributed by atoms with E-state index in [9.17, 15) is 0 Å². The average Bonchev–Trinajstić information content (AvgIpc) is 3.25. The molecule has 1 heteroatoms. The van der Waals surface area contributed by atoms with Crippen LogP contribution in [0.4, 0.5) is 0 Å². The molecule has 1 aliphatic rings. The standard InChI is InChI=1S/C32H29N/c1-3-5-13-23(12-4-2)27-21-28(25-16-10-7-11-17-25)32-30(22-27)29-20-26(18-19-31(29)33-32)24-14-8-6-9-15-24/h3-5,7-8,10-22,33H,6,9H2,1-2H3/b5-3-,12-4-,23-13+. The van der Waals surface area contributed by atoms with Crippen LogP contribution in [0.1, 0.15) is 37.8 Å². The van der Waals surface area contributed by atoms with E-state index in [-0.39, 0.29) is 0 Å². The number of hydrogen-bond acceptors (Lipinski definition) is 0. The second-order valence-electron chi connectivity index (χ2n) is 8.48. The van der Waals surface area contributed by atoms with Crippen molar-refractivity contribution in [1.82, 2.24) is 4.98 Å². The Bertz CT molecular complexity index is 1450. The van der Waals surface area contributed by atoms with Crippen LogP contribution in [0.3, 0.4) is 0 Å². The third kappa shape index (κ3) is 4.15. The maximum Gasteiger partial charge on any atom is 0.0544 e. The van der Waals surface area contributed by atoms with Crippen LogP contribution in [-0.2, 0) is 0 Å². The molecule has 0 amide bonds. The Kier molecular flexibility index (Phi) is 5.95.